The largest absolute Gasteiger partial charge is 0.293 e. The second-order valence-electron chi connectivity index (χ2n) is 3.14. The Kier molecular flexibility index (Phi) is 5.35. The smallest absolute Gasteiger partial charge is 0.0360 e. The van der Waals surface area contributed by atoms with E-state index in [0.29, 0.717) is 0 Å². The minimum atomic E-state index is 0.875. The highest BCUT2D eigenvalue weighted by atomic mass is 127. The maximum atomic E-state index is 4.14. The molecule has 0 aromatic carbocycles. The zero-order chi connectivity index (χ0) is 9.52. The first-order valence-electron chi connectivity index (χ1n) is 4.88. The highest BCUT2D eigenvalue weighted by molar-refractivity contribution is 14.1. The Morgan fingerprint density at radius 1 is 1.38 bits per heavy atom. The van der Waals surface area contributed by atoms with Crippen LogP contribution in [0.25, 0.3) is 0 Å². The molecule has 2 heteroatoms. The monoisotopic (exact) mass is 289 g/mol. The van der Waals surface area contributed by atoms with E-state index in [1.807, 2.05) is 13.1 Å². The van der Waals surface area contributed by atoms with Crippen LogP contribution in [0.15, 0.2) is 26.3 Å². The summed E-state index contributed by atoms with van der Waals surface area (Å²) in [5, 5.41) is 0. The Labute approximate surface area is 94.2 Å². The third-order valence-corrected chi connectivity index (χ3v) is 3.34. The van der Waals surface area contributed by atoms with Gasteiger partial charge in [0.1, 0.15) is 0 Å². The number of halogens is 1. The molecule has 0 heterocycles. The molecule has 13 heavy (non-hydrogen) atoms. The first kappa shape index (κ1) is 11.0. The van der Waals surface area contributed by atoms with Gasteiger partial charge in [0.2, 0.25) is 0 Å². The molecule has 0 fully saturated rings. The van der Waals surface area contributed by atoms with Gasteiger partial charge in [0.05, 0.1) is 0 Å². The number of rotatable bonds is 3. The predicted octanol–water partition coefficient (Wildman–Crippen LogP) is 3.90. The maximum absolute atomic E-state index is 4.14. The lowest BCUT2D eigenvalue weighted by Crippen LogP contribution is -1.92. The fraction of sp³-hybridized carbons (Fsp3) is 0.545. The Balaban J connectivity index is 2.51. The SMILES string of the molecule is CC/N=C/C=C\C1=C(I)CCCC1. The lowest BCUT2D eigenvalue weighted by Gasteiger charge is -2.12. The average molecular weight is 289 g/mol. The molecule has 1 rings (SSSR count). The fourth-order valence-corrected chi connectivity index (χ4v) is 2.22. The molecule has 0 atom stereocenters. The lowest BCUT2D eigenvalue weighted by atomic mass is 9.99. The van der Waals surface area contributed by atoms with E-state index in [9.17, 15) is 0 Å². The van der Waals surface area contributed by atoms with Gasteiger partial charge < -0.3 is 0 Å². The summed E-state index contributed by atoms with van der Waals surface area (Å²) in [6.07, 6.45) is 11.4. The molecule has 0 spiro atoms. The van der Waals surface area contributed by atoms with Crippen molar-refractivity contribution in [3.05, 3.63) is 21.3 Å². The normalized spacial score (nSPS) is 19.2. The van der Waals surface area contributed by atoms with Gasteiger partial charge in [-0.1, -0.05) is 6.08 Å². The summed E-state index contributed by atoms with van der Waals surface area (Å²) in [5.74, 6) is 0. The van der Waals surface area contributed by atoms with Gasteiger partial charge in [-0.15, -0.1) is 0 Å². The van der Waals surface area contributed by atoms with Crippen LogP contribution in [0.2, 0.25) is 0 Å². The molecule has 0 bridgehead atoms. The molecule has 0 N–H and O–H groups in total. The van der Waals surface area contributed by atoms with E-state index in [1.165, 1.54) is 34.8 Å². The number of hydrogen-bond donors (Lipinski definition) is 0. The zero-order valence-corrected chi connectivity index (χ0v) is 10.3. The summed E-state index contributed by atoms with van der Waals surface area (Å²) in [5.41, 5.74) is 1.51. The Hall–Kier alpha value is -0.120. The summed E-state index contributed by atoms with van der Waals surface area (Å²) < 4.78 is 1.53. The highest BCUT2D eigenvalue weighted by Crippen LogP contribution is 2.29. The predicted molar refractivity (Wildman–Crippen MR) is 67.7 cm³/mol. The van der Waals surface area contributed by atoms with Crippen molar-refractivity contribution in [2.75, 3.05) is 6.54 Å². The minimum absolute atomic E-state index is 0.875. The summed E-state index contributed by atoms with van der Waals surface area (Å²) in [4.78, 5) is 4.14. The molecule has 0 aliphatic heterocycles. The van der Waals surface area contributed by atoms with Crippen molar-refractivity contribution in [3.63, 3.8) is 0 Å². The summed E-state index contributed by atoms with van der Waals surface area (Å²) in [7, 11) is 0. The molecule has 0 aromatic rings. The minimum Gasteiger partial charge on any atom is -0.293 e. The average Bonchev–Trinajstić information content (AvgIpc) is 2.15. The van der Waals surface area contributed by atoms with Crippen LogP contribution in [0.1, 0.15) is 32.6 Å². The van der Waals surface area contributed by atoms with E-state index >= 15 is 0 Å². The summed E-state index contributed by atoms with van der Waals surface area (Å²) in [6, 6.07) is 0. The zero-order valence-electron chi connectivity index (χ0n) is 8.09. The van der Waals surface area contributed by atoms with Gasteiger partial charge in [0, 0.05) is 12.8 Å². The molecule has 1 nitrogen and oxygen atoms in total. The summed E-state index contributed by atoms with van der Waals surface area (Å²) >= 11 is 2.46. The van der Waals surface area contributed by atoms with Crippen molar-refractivity contribution in [2.45, 2.75) is 32.6 Å². The number of hydrogen-bond acceptors (Lipinski definition) is 1. The van der Waals surface area contributed by atoms with Crippen LogP contribution in [-0.2, 0) is 0 Å². The van der Waals surface area contributed by atoms with Gasteiger partial charge in [0.25, 0.3) is 0 Å². The molecule has 0 aromatic heterocycles. The standard InChI is InChI=1S/C11H16IN/c1-2-13-9-5-7-10-6-3-4-8-11(10)12/h5,7,9H,2-4,6,8H2,1H3/b7-5-,13-9+. The molecule has 0 amide bonds. The first-order valence-corrected chi connectivity index (χ1v) is 5.96. The van der Waals surface area contributed by atoms with E-state index in [4.69, 9.17) is 0 Å². The van der Waals surface area contributed by atoms with Crippen LogP contribution in [0, 0.1) is 0 Å². The molecule has 0 unspecified atom stereocenters. The van der Waals surface area contributed by atoms with E-state index in [-0.39, 0.29) is 0 Å². The molecule has 0 saturated heterocycles. The fourth-order valence-electron chi connectivity index (χ4n) is 1.39. The van der Waals surface area contributed by atoms with Crippen molar-refractivity contribution >= 4 is 28.8 Å². The molecule has 1 aliphatic carbocycles. The second kappa shape index (κ2) is 6.35. The van der Waals surface area contributed by atoms with Crippen LogP contribution in [0.3, 0.4) is 0 Å². The summed E-state index contributed by atoms with van der Waals surface area (Å²) in [6.45, 7) is 2.93. The van der Waals surface area contributed by atoms with Crippen LogP contribution in [-0.4, -0.2) is 12.8 Å². The molecular weight excluding hydrogens is 273 g/mol. The third kappa shape index (κ3) is 4.07. The van der Waals surface area contributed by atoms with Gasteiger partial charge in [-0.05, 0) is 70.4 Å². The number of allylic oxidation sites excluding steroid dienone is 4. The maximum Gasteiger partial charge on any atom is 0.0360 e. The van der Waals surface area contributed by atoms with Crippen molar-refractivity contribution in [2.24, 2.45) is 4.99 Å². The van der Waals surface area contributed by atoms with E-state index < -0.39 is 0 Å². The van der Waals surface area contributed by atoms with E-state index in [0.717, 1.165) is 6.54 Å². The van der Waals surface area contributed by atoms with Gasteiger partial charge in [-0.3, -0.25) is 4.99 Å². The van der Waals surface area contributed by atoms with Crippen molar-refractivity contribution in [1.82, 2.24) is 0 Å². The number of aliphatic imine (C=N–C) groups is 1. The van der Waals surface area contributed by atoms with Crippen LogP contribution >= 0.6 is 22.6 Å². The lowest BCUT2D eigenvalue weighted by molar-refractivity contribution is 0.709. The topological polar surface area (TPSA) is 12.4 Å². The molecule has 72 valence electrons. The van der Waals surface area contributed by atoms with Crippen molar-refractivity contribution in [1.29, 1.82) is 0 Å². The van der Waals surface area contributed by atoms with Gasteiger partial charge in [0.15, 0.2) is 0 Å². The van der Waals surface area contributed by atoms with Gasteiger partial charge in [-0.25, -0.2) is 0 Å². The van der Waals surface area contributed by atoms with Crippen LogP contribution in [0.5, 0.6) is 0 Å². The molecular formula is C11H16IN. The first-order chi connectivity index (χ1) is 6.34. The molecule has 0 radical (unpaired) electrons. The molecule has 1 aliphatic rings. The Bertz CT molecular complexity index is 238. The Morgan fingerprint density at radius 3 is 2.85 bits per heavy atom. The van der Waals surface area contributed by atoms with E-state index in [1.54, 1.807) is 0 Å². The van der Waals surface area contributed by atoms with E-state index in [2.05, 4.69) is 39.7 Å². The Morgan fingerprint density at radius 2 is 2.15 bits per heavy atom. The second-order valence-corrected chi connectivity index (χ2v) is 4.45. The number of nitrogens with zero attached hydrogens (tertiary/aromatic N) is 1. The van der Waals surface area contributed by atoms with Crippen molar-refractivity contribution < 1.29 is 0 Å². The van der Waals surface area contributed by atoms with Gasteiger partial charge >= 0.3 is 0 Å². The highest BCUT2D eigenvalue weighted by Gasteiger charge is 2.06. The molecule has 0 saturated carbocycles. The van der Waals surface area contributed by atoms with Crippen molar-refractivity contribution in [3.8, 4) is 0 Å². The van der Waals surface area contributed by atoms with Crippen LogP contribution in [0.4, 0.5) is 0 Å². The third-order valence-electron chi connectivity index (χ3n) is 2.11. The quantitative estimate of drug-likeness (QED) is 0.552. The van der Waals surface area contributed by atoms with Crippen LogP contribution < -0.4 is 0 Å². The van der Waals surface area contributed by atoms with Gasteiger partial charge in [-0.2, -0.15) is 0 Å².